The molecule has 0 saturated heterocycles. The van der Waals surface area contributed by atoms with Gasteiger partial charge in [0.05, 0.1) is 42.6 Å². The summed E-state index contributed by atoms with van der Waals surface area (Å²) in [5.41, 5.74) is 15.8. The minimum Gasteiger partial charge on any atom is -0.494 e. The Morgan fingerprint density at radius 2 is 1.46 bits per heavy atom. The van der Waals surface area contributed by atoms with E-state index in [-0.39, 0.29) is 56.3 Å². The van der Waals surface area contributed by atoms with Crippen LogP contribution < -0.4 is 31.6 Å². The Morgan fingerprint density at radius 1 is 0.786 bits per heavy atom. The molecule has 5 aromatic heterocycles. The van der Waals surface area contributed by atoms with Crippen LogP contribution in [-0.4, -0.2) is 106 Å². The lowest BCUT2D eigenvalue weighted by Crippen LogP contribution is -2.28. The minimum atomic E-state index is -0.700. The van der Waals surface area contributed by atoms with E-state index in [0.29, 0.717) is 86.9 Å². The number of esters is 1. The van der Waals surface area contributed by atoms with E-state index in [0.717, 1.165) is 5.69 Å². The first-order chi connectivity index (χ1) is 33.4. The Labute approximate surface area is 402 Å². The SMILES string of the molecule is CCn1nc(C)cc1C(=O)Nc1nc2cc(C(N)=O)cc(OC)c2n1C/C=C/Cn1c2nc(-c3cc(C)nn3CC)ncc2c2cc(C(N)=O)cc(OCCCNC(=O)OCCC(=O)OC(C)(C)C)c21. The number of carbonyl (C=O) groups is 5. The highest BCUT2D eigenvalue weighted by atomic mass is 16.6. The van der Waals surface area contributed by atoms with E-state index in [2.05, 4.69) is 20.8 Å². The predicted molar refractivity (Wildman–Crippen MR) is 260 cm³/mol. The van der Waals surface area contributed by atoms with Crippen molar-refractivity contribution in [2.75, 3.05) is 32.2 Å². The first kappa shape index (κ1) is 49.6. The van der Waals surface area contributed by atoms with Gasteiger partial charge in [0, 0.05) is 60.8 Å². The fraction of sp³-hybridized carbons (Fsp3) is 0.375. The number of rotatable bonds is 20. The van der Waals surface area contributed by atoms with Crippen molar-refractivity contribution in [2.45, 2.75) is 93.1 Å². The van der Waals surface area contributed by atoms with E-state index in [1.54, 1.807) is 61.3 Å². The van der Waals surface area contributed by atoms with Gasteiger partial charge in [-0.15, -0.1) is 0 Å². The predicted octanol–water partition coefficient (Wildman–Crippen LogP) is 5.59. The number of carbonyl (C=O) groups excluding carboxylic acids is 5. The van der Waals surface area contributed by atoms with Crippen molar-refractivity contribution >= 4 is 68.7 Å². The molecule has 0 radical (unpaired) electrons. The average Bonchev–Trinajstić information content (AvgIpc) is 4.07. The molecule has 7 rings (SSSR count). The van der Waals surface area contributed by atoms with Gasteiger partial charge in [0.2, 0.25) is 17.8 Å². The summed E-state index contributed by atoms with van der Waals surface area (Å²) in [5.74, 6) is -1.02. The molecule has 0 bridgehead atoms. The van der Waals surface area contributed by atoms with Crippen molar-refractivity contribution in [3.05, 3.63) is 83.0 Å². The fourth-order valence-corrected chi connectivity index (χ4v) is 7.90. The number of nitrogens with two attached hydrogens (primary N) is 2. The number of aromatic nitrogens is 9. The largest absolute Gasteiger partial charge is 0.494 e. The summed E-state index contributed by atoms with van der Waals surface area (Å²) in [5, 5.41) is 15.8. The van der Waals surface area contributed by atoms with Crippen LogP contribution in [0.15, 0.2) is 54.7 Å². The zero-order valence-electron chi connectivity index (χ0n) is 40.4. The molecule has 70 heavy (non-hydrogen) atoms. The zero-order chi connectivity index (χ0) is 50.4. The van der Waals surface area contributed by atoms with E-state index < -0.39 is 35.4 Å². The number of hydrogen-bond donors (Lipinski definition) is 4. The maximum Gasteiger partial charge on any atom is 0.407 e. The van der Waals surface area contributed by atoms with Crippen LogP contribution >= 0.6 is 0 Å². The van der Waals surface area contributed by atoms with Gasteiger partial charge < -0.3 is 44.9 Å². The van der Waals surface area contributed by atoms with E-state index in [9.17, 15) is 24.0 Å². The minimum absolute atomic E-state index is 0.0861. The van der Waals surface area contributed by atoms with E-state index in [1.807, 2.05) is 48.2 Å². The standard InChI is InChI=1S/C48H57N13O9/c1-9-60-34(20-27(3)56-60)43-52-26-32-31-22-29(41(49)63)25-37(68-18-13-15-51-47(66)69-19-14-38(62)70-48(5,6)7)39(31)58(44(32)54-43)16-11-12-17-59-40-33(23-30(42(50)64)24-36(40)67-8)53-46(59)55-45(65)35-21-28(4)57-61(35)10-2/h11-12,20-26H,9-10,13-19H2,1-8H3,(H2,49,63)(H2,50,64)(H,51,66)(H,53,55,65)/b12-11+. The molecule has 0 aliphatic heterocycles. The third kappa shape index (κ3) is 11.0. The number of aryl methyl sites for hydroxylation is 4. The van der Waals surface area contributed by atoms with Gasteiger partial charge in [0.1, 0.15) is 46.3 Å². The molecule has 2 aromatic carbocycles. The molecule has 0 saturated carbocycles. The van der Waals surface area contributed by atoms with Crippen molar-refractivity contribution in [3.8, 4) is 23.0 Å². The summed E-state index contributed by atoms with van der Waals surface area (Å²) in [7, 11) is 1.46. The molecule has 0 fully saturated rings. The summed E-state index contributed by atoms with van der Waals surface area (Å²) in [6, 6.07) is 9.90. The highest BCUT2D eigenvalue weighted by Gasteiger charge is 2.24. The highest BCUT2D eigenvalue weighted by Crippen LogP contribution is 2.37. The van der Waals surface area contributed by atoms with Crippen LogP contribution in [0.1, 0.15) is 90.1 Å². The van der Waals surface area contributed by atoms with Crippen LogP contribution in [0.4, 0.5) is 10.7 Å². The van der Waals surface area contributed by atoms with Gasteiger partial charge in [-0.05, 0) is 91.3 Å². The second kappa shape index (κ2) is 20.9. The molecule has 7 aromatic rings. The Balaban J connectivity index is 1.22. The number of methoxy groups -OCH3 is 1. The Hall–Kier alpha value is -8.30. The third-order valence-corrected chi connectivity index (χ3v) is 10.9. The van der Waals surface area contributed by atoms with Crippen LogP contribution in [-0.2, 0) is 40.4 Å². The summed E-state index contributed by atoms with van der Waals surface area (Å²) >= 11 is 0. The number of nitrogens with zero attached hydrogens (tertiary/aromatic N) is 9. The molecule has 4 amide bonds. The molecule has 0 aliphatic carbocycles. The lowest BCUT2D eigenvalue weighted by molar-refractivity contribution is -0.155. The first-order valence-corrected chi connectivity index (χ1v) is 22.7. The summed E-state index contributed by atoms with van der Waals surface area (Å²) in [4.78, 5) is 77.8. The number of primary amides is 2. The smallest absolute Gasteiger partial charge is 0.407 e. The molecule has 0 atom stereocenters. The molecular formula is C48H57N13O9. The van der Waals surface area contributed by atoms with Gasteiger partial charge in [0.25, 0.3) is 5.91 Å². The maximum absolute atomic E-state index is 13.8. The second-order valence-corrected chi connectivity index (χ2v) is 17.2. The number of anilines is 1. The Morgan fingerprint density at radius 3 is 2.14 bits per heavy atom. The summed E-state index contributed by atoms with van der Waals surface area (Å²) in [6.45, 7) is 14.4. The number of ether oxygens (including phenoxy) is 4. The van der Waals surface area contributed by atoms with E-state index in [4.69, 9.17) is 45.4 Å². The Kier molecular flexibility index (Phi) is 14.8. The highest BCUT2D eigenvalue weighted by molar-refractivity contribution is 6.12. The van der Waals surface area contributed by atoms with Crippen molar-refractivity contribution in [1.82, 2.24) is 49.0 Å². The molecule has 0 aliphatic rings. The van der Waals surface area contributed by atoms with Crippen LogP contribution in [0.25, 0.3) is 44.5 Å². The summed E-state index contributed by atoms with van der Waals surface area (Å²) < 4.78 is 29.6. The molecule has 5 heterocycles. The van der Waals surface area contributed by atoms with Crippen molar-refractivity contribution in [1.29, 1.82) is 0 Å². The Bertz CT molecular complexity index is 3170. The van der Waals surface area contributed by atoms with Gasteiger partial charge >= 0.3 is 12.1 Å². The first-order valence-electron chi connectivity index (χ1n) is 22.7. The second-order valence-electron chi connectivity index (χ2n) is 17.2. The van der Waals surface area contributed by atoms with Gasteiger partial charge in [-0.25, -0.2) is 19.7 Å². The number of benzene rings is 2. The van der Waals surface area contributed by atoms with Gasteiger partial charge in [-0.2, -0.15) is 10.2 Å². The van der Waals surface area contributed by atoms with Gasteiger partial charge in [-0.1, -0.05) is 12.2 Å². The van der Waals surface area contributed by atoms with E-state index in [1.165, 1.54) is 19.2 Å². The van der Waals surface area contributed by atoms with Crippen LogP contribution in [0.2, 0.25) is 0 Å². The van der Waals surface area contributed by atoms with Crippen molar-refractivity contribution in [2.24, 2.45) is 11.5 Å². The fourth-order valence-electron chi connectivity index (χ4n) is 7.90. The molecule has 6 N–H and O–H groups in total. The number of imidazole rings is 1. The van der Waals surface area contributed by atoms with Crippen molar-refractivity contribution < 1.29 is 42.9 Å². The molecule has 22 nitrogen and oxygen atoms in total. The zero-order valence-corrected chi connectivity index (χ0v) is 40.4. The number of amides is 4. The van der Waals surface area contributed by atoms with Gasteiger partial charge in [0.15, 0.2) is 5.82 Å². The normalized spacial score (nSPS) is 11.7. The van der Waals surface area contributed by atoms with Crippen LogP contribution in [0, 0.1) is 13.8 Å². The van der Waals surface area contributed by atoms with Crippen LogP contribution in [0.5, 0.6) is 11.5 Å². The number of alkyl carbamates (subject to hydrolysis) is 1. The number of fused-ring (bicyclic) bond motifs is 4. The number of hydrogen-bond acceptors (Lipinski definition) is 14. The lowest BCUT2D eigenvalue weighted by Gasteiger charge is -2.19. The molecule has 0 spiro atoms. The quantitative estimate of drug-likeness (QED) is 0.0412. The van der Waals surface area contributed by atoms with Gasteiger partial charge in [-0.3, -0.25) is 33.9 Å². The monoisotopic (exact) mass is 959 g/mol. The lowest BCUT2D eigenvalue weighted by atomic mass is 10.1. The molecule has 22 heteroatoms. The third-order valence-electron chi connectivity index (χ3n) is 10.9. The number of allylic oxidation sites excluding steroid dienone is 2. The number of nitrogens with one attached hydrogen (secondary N) is 2. The van der Waals surface area contributed by atoms with Crippen LogP contribution in [0.3, 0.4) is 0 Å². The molecule has 368 valence electrons. The van der Waals surface area contributed by atoms with Crippen molar-refractivity contribution in [3.63, 3.8) is 0 Å². The maximum atomic E-state index is 13.8. The molecular weight excluding hydrogens is 903 g/mol. The average molecular weight is 960 g/mol. The summed E-state index contributed by atoms with van der Waals surface area (Å²) in [6.07, 6.45) is 5.04. The topological polar surface area (TPSA) is 283 Å². The molecule has 0 unspecified atom stereocenters. The van der Waals surface area contributed by atoms with E-state index >= 15 is 0 Å².